The molecule has 0 aliphatic carbocycles. The van der Waals surface area contributed by atoms with Crippen molar-refractivity contribution in [1.29, 1.82) is 0 Å². The predicted octanol–water partition coefficient (Wildman–Crippen LogP) is 3.85. The van der Waals surface area contributed by atoms with Gasteiger partial charge in [-0.05, 0) is 32.1 Å². The largest absolute Gasteiger partial charge is 0.451 e. The van der Waals surface area contributed by atoms with E-state index in [9.17, 15) is 18.0 Å². The quantitative estimate of drug-likeness (QED) is 0.794. The Balaban J connectivity index is 1.90. The number of halogens is 3. The highest BCUT2D eigenvalue weighted by atomic mass is 19.4. The highest BCUT2D eigenvalue weighted by Crippen LogP contribution is 2.40. The summed E-state index contributed by atoms with van der Waals surface area (Å²) in [7, 11) is 0. The lowest BCUT2D eigenvalue weighted by Gasteiger charge is -2.48. The van der Waals surface area contributed by atoms with Gasteiger partial charge in [0.1, 0.15) is 5.82 Å². The van der Waals surface area contributed by atoms with Crippen molar-refractivity contribution in [2.45, 2.75) is 58.5 Å². The minimum absolute atomic E-state index is 0.0660. The van der Waals surface area contributed by atoms with E-state index < -0.39 is 12.0 Å². The Morgan fingerprint density at radius 1 is 1.22 bits per heavy atom. The van der Waals surface area contributed by atoms with Crippen molar-refractivity contribution in [3.63, 3.8) is 0 Å². The summed E-state index contributed by atoms with van der Waals surface area (Å²) < 4.78 is 39.8. The topological polar surface area (TPSA) is 49.3 Å². The second-order valence-electron chi connectivity index (χ2n) is 8.06. The molecule has 1 amide bonds. The molecule has 0 N–H and O–H groups in total. The summed E-state index contributed by atoms with van der Waals surface area (Å²) in [5.74, 6) is -0.671. The Kier molecular flexibility index (Phi) is 5.36. The van der Waals surface area contributed by atoms with Crippen molar-refractivity contribution < 1.29 is 18.0 Å². The number of piperidine rings is 2. The third-order valence-corrected chi connectivity index (χ3v) is 5.69. The number of nitrogens with zero attached hydrogens (tertiary/aromatic N) is 4. The van der Waals surface area contributed by atoms with Crippen molar-refractivity contribution >= 4 is 11.7 Å². The van der Waals surface area contributed by atoms with Gasteiger partial charge in [-0.15, -0.1) is 0 Å². The van der Waals surface area contributed by atoms with Crippen LogP contribution in [0.5, 0.6) is 0 Å². The minimum Gasteiger partial charge on any atom is -0.356 e. The third-order valence-electron chi connectivity index (χ3n) is 5.69. The van der Waals surface area contributed by atoms with Gasteiger partial charge in [0.05, 0.1) is 0 Å². The Morgan fingerprint density at radius 2 is 1.96 bits per heavy atom. The fourth-order valence-electron chi connectivity index (χ4n) is 4.16. The molecule has 1 spiro atoms. The summed E-state index contributed by atoms with van der Waals surface area (Å²) in [5.41, 5.74) is 0.338. The molecule has 1 atom stereocenters. The number of anilines is 1. The van der Waals surface area contributed by atoms with E-state index in [4.69, 9.17) is 0 Å². The molecule has 0 saturated carbocycles. The van der Waals surface area contributed by atoms with Crippen LogP contribution in [0.4, 0.5) is 19.0 Å². The summed E-state index contributed by atoms with van der Waals surface area (Å²) in [6.07, 6.45) is -1.40. The zero-order valence-electron chi connectivity index (χ0n) is 16.1. The van der Waals surface area contributed by atoms with Gasteiger partial charge in [-0.2, -0.15) is 13.2 Å². The summed E-state index contributed by atoms with van der Waals surface area (Å²) >= 11 is 0. The SMILES string of the molecule is CCN1C[C@@]2(CCCN(c3cc(C(C)C)nc(C(F)(F)F)n3)C2)CCC1=O. The van der Waals surface area contributed by atoms with Gasteiger partial charge in [0.25, 0.3) is 0 Å². The van der Waals surface area contributed by atoms with Crippen molar-refractivity contribution in [2.75, 3.05) is 31.1 Å². The minimum atomic E-state index is -4.57. The van der Waals surface area contributed by atoms with E-state index in [0.29, 0.717) is 44.1 Å². The summed E-state index contributed by atoms with van der Waals surface area (Å²) in [6, 6.07) is 1.69. The predicted molar refractivity (Wildman–Crippen MR) is 96.5 cm³/mol. The molecule has 3 heterocycles. The number of carbonyl (C=O) groups is 1. The van der Waals surface area contributed by atoms with Crippen LogP contribution in [0.3, 0.4) is 0 Å². The van der Waals surface area contributed by atoms with Crippen LogP contribution >= 0.6 is 0 Å². The first-order chi connectivity index (χ1) is 12.6. The Bertz CT molecular complexity index is 707. The van der Waals surface area contributed by atoms with Crippen molar-refractivity contribution in [1.82, 2.24) is 14.9 Å². The van der Waals surface area contributed by atoms with Gasteiger partial charge in [0, 0.05) is 49.8 Å². The lowest BCUT2D eigenvalue weighted by molar-refractivity contribution is -0.145. The van der Waals surface area contributed by atoms with Gasteiger partial charge in [0.15, 0.2) is 0 Å². The smallest absolute Gasteiger partial charge is 0.356 e. The van der Waals surface area contributed by atoms with Crippen LogP contribution < -0.4 is 4.90 Å². The van der Waals surface area contributed by atoms with Gasteiger partial charge in [0.2, 0.25) is 11.7 Å². The van der Waals surface area contributed by atoms with E-state index in [2.05, 4.69) is 9.97 Å². The molecule has 150 valence electrons. The van der Waals surface area contributed by atoms with E-state index in [0.717, 1.165) is 19.3 Å². The van der Waals surface area contributed by atoms with Crippen LogP contribution in [0.25, 0.3) is 0 Å². The molecule has 1 aromatic rings. The molecule has 0 bridgehead atoms. The molecule has 0 radical (unpaired) electrons. The number of likely N-dealkylation sites (tertiary alicyclic amines) is 1. The van der Waals surface area contributed by atoms with Gasteiger partial charge >= 0.3 is 6.18 Å². The summed E-state index contributed by atoms with van der Waals surface area (Å²) in [5, 5.41) is 0. The number of carbonyl (C=O) groups excluding carboxylic acids is 1. The first kappa shape index (κ1) is 19.9. The normalized spacial score (nSPS) is 24.2. The maximum atomic E-state index is 13.3. The van der Waals surface area contributed by atoms with Crippen molar-refractivity contribution in [3.05, 3.63) is 17.6 Å². The van der Waals surface area contributed by atoms with E-state index >= 15 is 0 Å². The van der Waals surface area contributed by atoms with E-state index in [-0.39, 0.29) is 17.2 Å². The summed E-state index contributed by atoms with van der Waals surface area (Å²) in [4.78, 5) is 23.4. The summed E-state index contributed by atoms with van der Waals surface area (Å²) in [6.45, 7) is 8.27. The molecule has 27 heavy (non-hydrogen) atoms. The van der Waals surface area contributed by atoms with Crippen LogP contribution in [0.2, 0.25) is 0 Å². The monoisotopic (exact) mass is 384 g/mol. The molecule has 0 aromatic carbocycles. The maximum absolute atomic E-state index is 13.3. The van der Waals surface area contributed by atoms with Crippen molar-refractivity contribution in [2.24, 2.45) is 5.41 Å². The van der Waals surface area contributed by atoms with Gasteiger partial charge in [-0.1, -0.05) is 13.8 Å². The van der Waals surface area contributed by atoms with Gasteiger partial charge in [-0.3, -0.25) is 4.79 Å². The Morgan fingerprint density at radius 3 is 2.59 bits per heavy atom. The molecule has 2 aliphatic rings. The highest BCUT2D eigenvalue weighted by Gasteiger charge is 2.42. The fraction of sp³-hybridized carbons (Fsp3) is 0.737. The zero-order chi connectivity index (χ0) is 19.8. The molecule has 2 aliphatic heterocycles. The first-order valence-electron chi connectivity index (χ1n) is 9.62. The van der Waals surface area contributed by atoms with Crippen LogP contribution in [-0.2, 0) is 11.0 Å². The second-order valence-corrected chi connectivity index (χ2v) is 8.06. The van der Waals surface area contributed by atoms with Crippen LogP contribution in [0, 0.1) is 5.41 Å². The molecule has 5 nitrogen and oxygen atoms in total. The zero-order valence-corrected chi connectivity index (χ0v) is 16.1. The molecule has 8 heteroatoms. The maximum Gasteiger partial charge on any atom is 0.451 e. The molecule has 2 fully saturated rings. The molecule has 2 saturated heterocycles. The first-order valence-corrected chi connectivity index (χ1v) is 9.62. The van der Waals surface area contributed by atoms with Crippen LogP contribution in [0.1, 0.15) is 63.9 Å². The highest BCUT2D eigenvalue weighted by molar-refractivity contribution is 5.77. The molecule has 3 rings (SSSR count). The van der Waals surface area contributed by atoms with E-state index in [1.807, 2.05) is 30.6 Å². The molecule has 0 unspecified atom stereocenters. The standard InChI is InChI=1S/C19H27F3N4O/c1-4-25-11-18(8-6-16(25)27)7-5-9-26(12-18)15-10-14(13(2)3)23-17(24-15)19(20,21)22/h10,13H,4-9,11-12H2,1-3H3/t18-/m1/s1. The average Bonchev–Trinajstić information content (AvgIpc) is 2.63. The second kappa shape index (κ2) is 7.28. The number of hydrogen-bond donors (Lipinski definition) is 0. The number of aromatic nitrogens is 2. The third kappa shape index (κ3) is 4.19. The number of amides is 1. The molecular formula is C19H27F3N4O. The number of alkyl halides is 3. The van der Waals surface area contributed by atoms with Gasteiger partial charge in [-0.25, -0.2) is 9.97 Å². The lowest BCUT2D eigenvalue weighted by Crippen LogP contribution is -2.54. The van der Waals surface area contributed by atoms with Crippen LogP contribution in [0.15, 0.2) is 6.07 Å². The fourth-order valence-corrected chi connectivity index (χ4v) is 4.16. The van der Waals surface area contributed by atoms with E-state index in [1.54, 1.807) is 6.07 Å². The van der Waals surface area contributed by atoms with Gasteiger partial charge < -0.3 is 9.80 Å². The molecule has 1 aromatic heterocycles. The van der Waals surface area contributed by atoms with Crippen molar-refractivity contribution in [3.8, 4) is 0 Å². The Labute approximate surface area is 158 Å². The average molecular weight is 384 g/mol. The lowest BCUT2D eigenvalue weighted by atomic mass is 9.73. The van der Waals surface area contributed by atoms with Crippen LogP contribution in [-0.4, -0.2) is 47.0 Å². The van der Waals surface area contributed by atoms with E-state index in [1.165, 1.54) is 0 Å². The molecular weight excluding hydrogens is 357 g/mol. The number of rotatable bonds is 3. The Hall–Kier alpha value is -1.86. The number of hydrogen-bond acceptors (Lipinski definition) is 4.